The molecule has 1 fully saturated rings. The maximum atomic E-state index is 12.4. The summed E-state index contributed by atoms with van der Waals surface area (Å²) in [4.78, 5) is 0. The van der Waals surface area contributed by atoms with Gasteiger partial charge in [0.1, 0.15) is 0 Å². The summed E-state index contributed by atoms with van der Waals surface area (Å²) in [5, 5.41) is 0. The molecule has 0 aliphatic heterocycles. The van der Waals surface area contributed by atoms with Crippen LogP contribution in [-0.4, -0.2) is 49.1 Å². The number of halogens is 1. The van der Waals surface area contributed by atoms with Crippen molar-refractivity contribution in [2.24, 2.45) is 5.92 Å². The Morgan fingerprint density at radius 1 is 1.35 bits per heavy atom. The smallest absolute Gasteiger partial charge is 0.195 e. The molecule has 1 rings (SSSR count). The fourth-order valence-electron chi connectivity index (χ4n) is 1.73. The van der Waals surface area contributed by atoms with Gasteiger partial charge in [0, 0.05) is 32.1 Å². The summed E-state index contributed by atoms with van der Waals surface area (Å²) in [7, 11) is -1.66. The summed E-state index contributed by atoms with van der Waals surface area (Å²) in [6.07, 6.45) is 2.68. The zero-order valence-electron chi connectivity index (χ0n) is 10.9. The SMILES string of the molecule is CC(C)CN(C1CC1)S(=O)(=O)N(C)CCCCl. The van der Waals surface area contributed by atoms with E-state index >= 15 is 0 Å². The Morgan fingerprint density at radius 3 is 2.35 bits per heavy atom. The zero-order chi connectivity index (χ0) is 13.1. The summed E-state index contributed by atoms with van der Waals surface area (Å²) in [5.41, 5.74) is 0. The predicted octanol–water partition coefficient (Wildman–Crippen LogP) is 1.91. The van der Waals surface area contributed by atoms with Gasteiger partial charge in [-0.1, -0.05) is 13.8 Å². The fourth-order valence-corrected chi connectivity index (χ4v) is 3.64. The van der Waals surface area contributed by atoms with E-state index < -0.39 is 10.2 Å². The third-order valence-electron chi connectivity index (χ3n) is 2.80. The molecule has 0 aromatic rings. The van der Waals surface area contributed by atoms with Crippen molar-refractivity contribution >= 4 is 21.8 Å². The lowest BCUT2D eigenvalue weighted by Gasteiger charge is -2.28. The lowest BCUT2D eigenvalue weighted by molar-refractivity contribution is 0.324. The number of hydrogen-bond acceptors (Lipinski definition) is 2. The summed E-state index contributed by atoms with van der Waals surface area (Å²) in [6, 6.07) is 0.223. The second-order valence-electron chi connectivity index (χ2n) is 5.07. The van der Waals surface area contributed by atoms with E-state index in [4.69, 9.17) is 11.6 Å². The molecular formula is C11H23ClN2O2S. The van der Waals surface area contributed by atoms with Gasteiger partial charge in [0.25, 0.3) is 10.2 Å². The van der Waals surface area contributed by atoms with E-state index in [-0.39, 0.29) is 6.04 Å². The Balaban J connectivity index is 2.69. The van der Waals surface area contributed by atoms with Crippen molar-refractivity contribution in [2.45, 2.75) is 39.2 Å². The highest BCUT2D eigenvalue weighted by Gasteiger charge is 2.39. The first-order valence-corrected chi connectivity index (χ1v) is 8.11. The molecule has 0 aromatic carbocycles. The van der Waals surface area contributed by atoms with Gasteiger partial charge >= 0.3 is 0 Å². The molecule has 17 heavy (non-hydrogen) atoms. The van der Waals surface area contributed by atoms with E-state index in [1.54, 1.807) is 11.4 Å². The van der Waals surface area contributed by atoms with E-state index in [1.807, 2.05) is 13.8 Å². The van der Waals surface area contributed by atoms with Crippen LogP contribution < -0.4 is 0 Å². The van der Waals surface area contributed by atoms with Crippen molar-refractivity contribution in [3.05, 3.63) is 0 Å². The van der Waals surface area contributed by atoms with Crippen molar-refractivity contribution in [3.63, 3.8) is 0 Å². The Kier molecular flexibility index (Phi) is 5.70. The average molecular weight is 283 g/mol. The zero-order valence-corrected chi connectivity index (χ0v) is 12.5. The molecule has 0 saturated heterocycles. The van der Waals surface area contributed by atoms with Crippen LogP contribution in [0.1, 0.15) is 33.1 Å². The van der Waals surface area contributed by atoms with Gasteiger partial charge in [-0.2, -0.15) is 17.0 Å². The maximum Gasteiger partial charge on any atom is 0.281 e. The van der Waals surface area contributed by atoms with E-state index in [9.17, 15) is 8.42 Å². The third kappa shape index (κ3) is 4.39. The molecule has 102 valence electrons. The van der Waals surface area contributed by atoms with E-state index in [2.05, 4.69) is 0 Å². The Morgan fingerprint density at radius 2 is 1.94 bits per heavy atom. The van der Waals surface area contributed by atoms with Crippen molar-refractivity contribution in [3.8, 4) is 0 Å². The quantitative estimate of drug-likeness (QED) is 0.638. The van der Waals surface area contributed by atoms with E-state index in [0.717, 1.165) is 12.8 Å². The van der Waals surface area contributed by atoms with Crippen LogP contribution >= 0.6 is 11.6 Å². The number of rotatable bonds is 8. The number of alkyl halides is 1. The highest BCUT2D eigenvalue weighted by Crippen LogP contribution is 2.30. The lowest BCUT2D eigenvalue weighted by Crippen LogP contribution is -2.45. The van der Waals surface area contributed by atoms with Gasteiger partial charge in [0.2, 0.25) is 0 Å². The maximum absolute atomic E-state index is 12.4. The van der Waals surface area contributed by atoms with Crippen molar-refractivity contribution in [1.82, 2.24) is 8.61 Å². The Bertz CT molecular complexity index is 328. The largest absolute Gasteiger partial charge is 0.281 e. The molecule has 0 unspecified atom stereocenters. The van der Waals surface area contributed by atoms with Crippen LogP contribution in [0.2, 0.25) is 0 Å². The van der Waals surface area contributed by atoms with Gasteiger partial charge in [0.15, 0.2) is 0 Å². The third-order valence-corrected chi connectivity index (χ3v) is 5.07. The van der Waals surface area contributed by atoms with Gasteiger partial charge in [0.05, 0.1) is 0 Å². The van der Waals surface area contributed by atoms with Gasteiger partial charge in [-0.25, -0.2) is 0 Å². The summed E-state index contributed by atoms with van der Waals surface area (Å²) in [5.74, 6) is 0.847. The predicted molar refractivity (Wildman–Crippen MR) is 71.5 cm³/mol. The minimum atomic E-state index is -3.30. The van der Waals surface area contributed by atoms with Crippen LogP contribution in [0.15, 0.2) is 0 Å². The topological polar surface area (TPSA) is 40.6 Å². The van der Waals surface area contributed by atoms with Crippen molar-refractivity contribution in [1.29, 1.82) is 0 Å². The Hall–Kier alpha value is 0.160. The minimum Gasteiger partial charge on any atom is -0.195 e. The molecule has 1 saturated carbocycles. The molecular weight excluding hydrogens is 260 g/mol. The lowest BCUT2D eigenvalue weighted by atomic mass is 10.2. The summed E-state index contributed by atoms with van der Waals surface area (Å²) in [6.45, 7) is 5.19. The van der Waals surface area contributed by atoms with Crippen LogP contribution in [0.5, 0.6) is 0 Å². The molecule has 1 aliphatic carbocycles. The first-order valence-electron chi connectivity index (χ1n) is 6.18. The molecule has 0 heterocycles. The molecule has 0 bridgehead atoms. The molecule has 0 atom stereocenters. The van der Waals surface area contributed by atoms with E-state index in [0.29, 0.717) is 31.3 Å². The summed E-state index contributed by atoms with van der Waals surface area (Å²) >= 11 is 5.60. The molecule has 0 amide bonds. The highest BCUT2D eigenvalue weighted by atomic mass is 35.5. The molecule has 0 N–H and O–H groups in total. The molecule has 0 spiro atoms. The van der Waals surface area contributed by atoms with Crippen LogP contribution in [0.4, 0.5) is 0 Å². The monoisotopic (exact) mass is 282 g/mol. The van der Waals surface area contributed by atoms with Crippen LogP contribution in [-0.2, 0) is 10.2 Å². The van der Waals surface area contributed by atoms with Crippen molar-refractivity contribution < 1.29 is 8.42 Å². The molecule has 0 radical (unpaired) electrons. The van der Waals surface area contributed by atoms with Crippen LogP contribution in [0, 0.1) is 5.92 Å². The first kappa shape index (κ1) is 15.2. The van der Waals surface area contributed by atoms with E-state index in [1.165, 1.54) is 4.31 Å². The molecule has 1 aliphatic rings. The number of hydrogen-bond donors (Lipinski definition) is 0. The second kappa shape index (κ2) is 6.36. The van der Waals surface area contributed by atoms with Gasteiger partial charge in [-0.15, -0.1) is 11.6 Å². The van der Waals surface area contributed by atoms with Gasteiger partial charge < -0.3 is 0 Å². The van der Waals surface area contributed by atoms with Crippen molar-refractivity contribution in [2.75, 3.05) is 26.0 Å². The van der Waals surface area contributed by atoms with Gasteiger partial charge in [-0.05, 0) is 25.2 Å². The van der Waals surface area contributed by atoms with Crippen LogP contribution in [0.3, 0.4) is 0 Å². The first-order chi connectivity index (χ1) is 7.89. The normalized spacial score (nSPS) is 17.4. The fraction of sp³-hybridized carbons (Fsp3) is 1.00. The highest BCUT2D eigenvalue weighted by molar-refractivity contribution is 7.86. The second-order valence-corrected chi connectivity index (χ2v) is 7.43. The molecule has 0 aromatic heterocycles. The summed E-state index contributed by atoms with van der Waals surface area (Å²) < 4.78 is 27.8. The molecule has 4 nitrogen and oxygen atoms in total. The molecule has 6 heteroatoms. The number of nitrogens with zero attached hydrogens (tertiary/aromatic N) is 2. The van der Waals surface area contributed by atoms with Crippen LogP contribution in [0.25, 0.3) is 0 Å². The van der Waals surface area contributed by atoms with Gasteiger partial charge in [-0.3, -0.25) is 0 Å². The Labute approximate surface area is 110 Å². The standard InChI is InChI=1S/C11H23ClN2O2S/c1-10(2)9-14(11-5-6-11)17(15,16)13(3)8-4-7-12/h10-11H,4-9H2,1-3H3. The average Bonchev–Trinajstić information content (AvgIpc) is 3.05. The minimum absolute atomic E-state index is 0.223.